The molecule has 1 fully saturated rings. The Morgan fingerprint density at radius 3 is 2.82 bits per heavy atom. The van der Waals surface area contributed by atoms with Gasteiger partial charge in [0.15, 0.2) is 0 Å². The second-order valence-electron chi connectivity index (χ2n) is 9.31. The molecule has 1 N–H and O–H groups in total. The normalized spacial score (nSPS) is 20.8. The van der Waals surface area contributed by atoms with Crippen molar-refractivity contribution in [3.63, 3.8) is 0 Å². The number of ether oxygens (including phenoxy) is 1. The molecule has 0 saturated heterocycles. The van der Waals surface area contributed by atoms with E-state index < -0.39 is 5.97 Å². The molecular weight excluding hydrogens is 434 g/mol. The van der Waals surface area contributed by atoms with Crippen molar-refractivity contribution in [1.29, 1.82) is 0 Å². The quantitative estimate of drug-likeness (QED) is 0.458. The van der Waals surface area contributed by atoms with E-state index in [2.05, 4.69) is 24.0 Å². The molecule has 5 heteroatoms. The molecule has 176 valence electrons. The molecule has 0 amide bonds. The molecule has 2 aliphatic rings. The Labute approximate surface area is 202 Å². The fourth-order valence-corrected chi connectivity index (χ4v) is 5.06. The molecule has 2 atom stereocenters. The number of aryl methyl sites for hydroxylation is 1. The van der Waals surface area contributed by atoms with Crippen LogP contribution >= 0.6 is 11.6 Å². The molecular formula is C28H34ClNO3. The van der Waals surface area contributed by atoms with Crippen LogP contribution in [0.25, 0.3) is 0 Å². The number of halogens is 1. The summed E-state index contributed by atoms with van der Waals surface area (Å²) in [4.78, 5) is 14.1. The molecule has 4 rings (SSSR count). The van der Waals surface area contributed by atoms with Gasteiger partial charge < -0.3 is 14.7 Å². The Morgan fingerprint density at radius 2 is 2.06 bits per heavy atom. The van der Waals surface area contributed by atoms with E-state index in [4.69, 9.17) is 16.3 Å². The maximum absolute atomic E-state index is 11.7. The zero-order valence-corrected chi connectivity index (χ0v) is 20.2. The molecule has 1 saturated carbocycles. The van der Waals surface area contributed by atoms with Gasteiger partial charge in [-0.05, 0) is 91.8 Å². The third-order valence-corrected chi connectivity index (χ3v) is 7.23. The van der Waals surface area contributed by atoms with Gasteiger partial charge in [0.25, 0.3) is 0 Å². The van der Waals surface area contributed by atoms with E-state index in [1.807, 2.05) is 24.3 Å². The van der Waals surface area contributed by atoms with E-state index in [0.29, 0.717) is 24.0 Å². The first-order chi connectivity index (χ1) is 16.0. The van der Waals surface area contributed by atoms with Crippen molar-refractivity contribution < 1.29 is 14.6 Å². The Morgan fingerprint density at radius 1 is 1.18 bits per heavy atom. The molecule has 2 aromatic rings. The van der Waals surface area contributed by atoms with Gasteiger partial charge in [-0.3, -0.25) is 0 Å². The number of aromatic carboxylic acids is 1. The number of hydrogen-bond acceptors (Lipinski definition) is 3. The highest BCUT2D eigenvalue weighted by Crippen LogP contribution is 2.39. The van der Waals surface area contributed by atoms with Gasteiger partial charge in [-0.2, -0.15) is 0 Å². The standard InChI is InChI=1S/C28H34ClNO3/c1-2-3-4-7-20-9-10-23(20)18-30-15-6-5-8-21-16-25(29)13-11-24(21)19-33-27-14-12-22(28(31)32)17-26(27)30/h4,7,11-14,16-17,20,23H,2-3,5-6,8-10,15,18-19H2,1H3,(H,31,32)/b7-4+/t20-,23+/m1/s1. The van der Waals surface area contributed by atoms with E-state index in [9.17, 15) is 9.90 Å². The van der Waals surface area contributed by atoms with Gasteiger partial charge in [0.2, 0.25) is 0 Å². The third-order valence-electron chi connectivity index (χ3n) is 6.99. The molecule has 4 nitrogen and oxygen atoms in total. The van der Waals surface area contributed by atoms with Gasteiger partial charge >= 0.3 is 5.97 Å². The number of anilines is 1. The minimum atomic E-state index is -0.906. The number of rotatable bonds is 6. The lowest BCUT2D eigenvalue weighted by atomic mass is 9.73. The topological polar surface area (TPSA) is 49.8 Å². The number of nitrogens with zero attached hydrogens (tertiary/aromatic N) is 1. The molecule has 1 aliphatic carbocycles. The Balaban J connectivity index is 1.61. The Bertz CT molecular complexity index is 1000. The van der Waals surface area contributed by atoms with Crippen molar-refractivity contribution in [3.8, 4) is 5.75 Å². The highest BCUT2D eigenvalue weighted by Gasteiger charge is 2.31. The maximum Gasteiger partial charge on any atom is 0.335 e. The first kappa shape index (κ1) is 23.7. The van der Waals surface area contributed by atoms with Crippen LogP contribution < -0.4 is 9.64 Å². The summed E-state index contributed by atoms with van der Waals surface area (Å²) in [5.41, 5.74) is 3.58. The average Bonchev–Trinajstić information content (AvgIpc) is 2.82. The van der Waals surface area contributed by atoms with Crippen LogP contribution in [-0.2, 0) is 13.0 Å². The van der Waals surface area contributed by atoms with Crippen molar-refractivity contribution in [2.24, 2.45) is 11.8 Å². The highest BCUT2D eigenvalue weighted by molar-refractivity contribution is 6.30. The smallest absolute Gasteiger partial charge is 0.335 e. The number of carbonyl (C=O) groups is 1. The predicted octanol–water partition coefficient (Wildman–Crippen LogP) is 7.14. The van der Waals surface area contributed by atoms with E-state index >= 15 is 0 Å². The van der Waals surface area contributed by atoms with Gasteiger partial charge in [-0.1, -0.05) is 43.2 Å². The van der Waals surface area contributed by atoms with Crippen LogP contribution in [0.5, 0.6) is 5.75 Å². The number of unbranched alkanes of at least 4 members (excludes halogenated alkanes) is 1. The monoisotopic (exact) mass is 467 g/mol. The van der Waals surface area contributed by atoms with Crippen LogP contribution in [0, 0.1) is 11.8 Å². The second-order valence-corrected chi connectivity index (χ2v) is 9.75. The summed E-state index contributed by atoms with van der Waals surface area (Å²) in [5, 5.41) is 10.4. The molecule has 0 spiro atoms. The Hall–Kier alpha value is -2.46. The number of allylic oxidation sites excluding steroid dienone is 2. The molecule has 1 heterocycles. The first-order valence-corrected chi connectivity index (χ1v) is 12.6. The number of benzene rings is 2. The number of fused-ring (bicyclic) bond motifs is 2. The van der Waals surface area contributed by atoms with Crippen LogP contribution in [0.1, 0.15) is 66.9 Å². The van der Waals surface area contributed by atoms with Crippen molar-refractivity contribution in [2.45, 2.75) is 58.5 Å². The number of carboxylic acid groups (broad SMARTS) is 1. The minimum Gasteiger partial charge on any atom is -0.487 e. The summed E-state index contributed by atoms with van der Waals surface area (Å²) in [6, 6.07) is 11.2. The fourth-order valence-electron chi connectivity index (χ4n) is 4.87. The highest BCUT2D eigenvalue weighted by atomic mass is 35.5. The van der Waals surface area contributed by atoms with E-state index in [1.165, 1.54) is 24.8 Å². The summed E-state index contributed by atoms with van der Waals surface area (Å²) in [7, 11) is 0. The minimum absolute atomic E-state index is 0.303. The Kier molecular flexibility index (Phi) is 7.97. The third kappa shape index (κ3) is 5.92. The van der Waals surface area contributed by atoms with Crippen molar-refractivity contribution in [3.05, 3.63) is 70.3 Å². The van der Waals surface area contributed by atoms with Crippen molar-refractivity contribution in [1.82, 2.24) is 0 Å². The van der Waals surface area contributed by atoms with E-state index in [1.54, 1.807) is 12.1 Å². The molecule has 0 bridgehead atoms. The van der Waals surface area contributed by atoms with Crippen LogP contribution in [0.3, 0.4) is 0 Å². The number of carboxylic acids is 1. The zero-order valence-electron chi connectivity index (χ0n) is 19.4. The van der Waals surface area contributed by atoms with Crippen LogP contribution in [-0.4, -0.2) is 24.2 Å². The summed E-state index contributed by atoms with van der Waals surface area (Å²) in [6.45, 7) is 4.47. The fraction of sp³-hybridized carbons (Fsp3) is 0.464. The molecule has 0 unspecified atom stereocenters. The van der Waals surface area contributed by atoms with Crippen molar-refractivity contribution in [2.75, 3.05) is 18.0 Å². The lowest BCUT2D eigenvalue weighted by Crippen LogP contribution is -2.38. The summed E-state index contributed by atoms with van der Waals surface area (Å²) >= 11 is 6.26. The molecule has 0 radical (unpaired) electrons. The molecule has 33 heavy (non-hydrogen) atoms. The average molecular weight is 468 g/mol. The van der Waals surface area contributed by atoms with Gasteiger partial charge in [-0.15, -0.1) is 0 Å². The maximum atomic E-state index is 11.7. The number of hydrogen-bond donors (Lipinski definition) is 1. The predicted molar refractivity (Wildman–Crippen MR) is 135 cm³/mol. The van der Waals surface area contributed by atoms with Gasteiger partial charge in [0.1, 0.15) is 12.4 Å². The largest absolute Gasteiger partial charge is 0.487 e. The van der Waals surface area contributed by atoms with E-state index in [-0.39, 0.29) is 0 Å². The summed E-state index contributed by atoms with van der Waals surface area (Å²) in [6.07, 6.45) is 12.6. The SMILES string of the molecule is CCC/C=C/[C@@H]1CC[C@H]1CN1CCCCc2cc(Cl)ccc2COc2ccc(C(=O)O)cc21. The van der Waals surface area contributed by atoms with Gasteiger partial charge in [-0.25, -0.2) is 4.79 Å². The lowest BCUT2D eigenvalue weighted by Gasteiger charge is -2.40. The van der Waals surface area contributed by atoms with Gasteiger partial charge in [0.05, 0.1) is 11.3 Å². The molecule has 2 aromatic carbocycles. The van der Waals surface area contributed by atoms with Crippen LogP contribution in [0.2, 0.25) is 5.02 Å². The molecule has 0 aromatic heterocycles. The van der Waals surface area contributed by atoms with Crippen LogP contribution in [0.4, 0.5) is 5.69 Å². The van der Waals surface area contributed by atoms with Crippen molar-refractivity contribution >= 4 is 23.3 Å². The lowest BCUT2D eigenvalue weighted by molar-refractivity contribution is 0.0697. The van der Waals surface area contributed by atoms with Crippen LogP contribution in [0.15, 0.2) is 48.6 Å². The summed E-state index contributed by atoms with van der Waals surface area (Å²) in [5.74, 6) is 1.06. The second kappa shape index (κ2) is 11.1. The summed E-state index contributed by atoms with van der Waals surface area (Å²) < 4.78 is 6.30. The first-order valence-electron chi connectivity index (χ1n) is 12.2. The molecule has 1 aliphatic heterocycles. The zero-order chi connectivity index (χ0) is 23.2. The van der Waals surface area contributed by atoms with E-state index in [0.717, 1.165) is 60.8 Å². The van der Waals surface area contributed by atoms with Gasteiger partial charge in [0, 0.05) is 18.1 Å².